The second-order valence-corrected chi connectivity index (χ2v) is 9.78. The third-order valence-corrected chi connectivity index (χ3v) is 6.25. The molecule has 2 aromatic rings. The molecule has 9 nitrogen and oxygen atoms in total. The SMILES string of the molecule is Cc1ncccc1C(C#N)N1CCN(C(=O)CC(C(=O)NS(C)(=O)=O)c2ccccc2)CC1. The molecule has 2 heterocycles. The van der Waals surface area contributed by atoms with Gasteiger partial charge >= 0.3 is 0 Å². The number of nitriles is 1. The molecule has 1 N–H and O–H groups in total. The van der Waals surface area contributed by atoms with Crippen LogP contribution >= 0.6 is 0 Å². The Kier molecular flexibility index (Phi) is 7.79. The number of carbonyl (C=O) groups is 2. The number of rotatable bonds is 7. The van der Waals surface area contributed by atoms with Crippen LogP contribution in [0.4, 0.5) is 0 Å². The van der Waals surface area contributed by atoms with E-state index in [-0.39, 0.29) is 12.3 Å². The van der Waals surface area contributed by atoms with Gasteiger partial charge in [0.2, 0.25) is 21.8 Å². The number of aryl methyl sites for hydroxylation is 1. The van der Waals surface area contributed by atoms with Crippen LogP contribution < -0.4 is 4.72 Å². The van der Waals surface area contributed by atoms with E-state index >= 15 is 0 Å². The molecular weight excluding hydrogens is 442 g/mol. The molecule has 0 bridgehead atoms. The zero-order valence-corrected chi connectivity index (χ0v) is 19.5. The Bertz CT molecular complexity index is 1140. The molecule has 0 spiro atoms. The molecule has 1 aliphatic heterocycles. The lowest BCUT2D eigenvalue weighted by Crippen LogP contribution is -2.50. The van der Waals surface area contributed by atoms with Crippen LogP contribution in [0.5, 0.6) is 0 Å². The van der Waals surface area contributed by atoms with E-state index in [1.165, 1.54) is 0 Å². The second kappa shape index (κ2) is 10.6. The number of nitrogens with one attached hydrogen (secondary N) is 1. The molecule has 3 rings (SSSR count). The number of hydrogen-bond acceptors (Lipinski definition) is 7. The van der Waals surface area contributed by atoms with Crippen LogP contribution in [0, 0.1) is 18.3 Å². The van der Waals surface area contributed by atoms with E-state index in [1.54, 1.807) is 47.5 Å². The standard InChI is InChI=1S/C23H27N5O4S/c1-17-19(9-6-10-25-17)21(16-24)27-11-13-28(14-12-27)22(29)15-20(18-7-4-3-5-8-18)23(30)26-33(2,31)32/h3-10,20-21H,11-15H2,1-2H3,(H,26,30). The van der Waals surface area contributed by atoms with Gasteiger partial charge in [-0.1, -0.05) is 36.4 Å². The monoisotopic (exact) mass is 469 g/mol. The molecule has 1 aromatic heterocycles. The molecular formula is C23H27N5O4S. The van der Waals surface area contributed by atoms with Crippen LogP contribution in [0.2, 0.25) is 0 Å². The van der Waals surface area contributed by atoms with E-state index in [0.29, 0.717) is 31.7 Å². The van der Waals surface area contributed by atoms with E-state index in [9.17, 15) is 23.3 Å². The molecule has 1 fully saturated rings. The fourth-order valence-corrected chi connectivity index (χ4v) is 4.48. The fourth-order valence-electron chi connectivity index (χ4n) is 3.97. The summed E-state index contributed by atoms with van der Waals surface area (Å²) in [4.78, 5) is 33.6. The van der Waals surface area contributed by atoms with Crippen LogP contribution in [0.3, 0.4) is 0 Å². The van der Waals surface area contributed by atoms with Crippen molar-refractivity contribution in [2.75, 3.05) is 32.4 Å². The highest BCUT2D eigenvalue weighted by molar-refractivity contribution is 7.89. The third-order valence-electron chi connectivity index (χ3n) is 5.68. The lowest BCUT2D eigenvalue weighted by Gasteiger charge is -2.37. The number of sulfonamides is 1. The first-order valence-electron chi connectivity index (χ1n) is 10.6. The van der Waals surface area contributed by atoms with Gasteiger partial charge in [-0.15, -0.1) is 0 Å². The van der Waals surface area contributed by atoms with Crippen LogP contribution in [-0.2, 0) is 19.6 Å². The van der Waals surface area contributed by atoms with Gasteiger partial charge in [0.1, 0.15) is 6.04 Å². The Morgan fingerprint density at radius 1 is 1.12 bits per heavy atom. The lowest BCUT2D eigenvalue weighted by atomic mass is 9.94. The Morgan fingerprint density at radius 3 is 2.36 bits per heavy atom. The zero-order valence-electron chi connectivity index (χ0n) is 18.6. The van der Waals surface area contributed by atoms with Gasteiger partial charge in [-0.3, -0.25) is 24.2 Å². The lowest BCUT2D eigenvalue weighted by molar-refractivity contribution is -0.135. The Hall–Kier alpha value is -3.29. The Labute approximate surface area is 194 Å². The number of pyridine rings is 1. The van der Waals surface area contributed by atoms with Gasteiger partial charge in [0.25, 0.3) is 0 Å². The Morgan fingerprint density at radius 2 is 1.79 bits per heavy atom. The summed E-state index contributed by atoms with van der Waals surface area (Å²) in [6.07, 6.45) is 2.45. The molecule has 0 radical (unpaired) electrons. The summed E-state index contributed by atoms with van der Waals surface area (Å²) in [5, 5.41) is 9.74. The highest BCUT2D eigenvalue weighted by Crippen LogP contribution is 2.25. The Balaban J connectivity index is 1.68. The van der Waals surface area contributed by atoms with Crippen molar-refractivity contribution in [2.24, 2.45) is 0 Å². The molecule has 1 aromatic carbocycles. The summed E-state index contributed by atoms with van der Waals surface area (Å²) in [5.74, 6) is -1.89. The number of carbonyl (C=O) groups excluding carboxylic acids is 2. The number of nitrogens with zero attached hydrogens (tertiary/aromatic N) is 4. The predicted octanol–water partition coefficient (Wildman–Crippen LogP) is 1.35. The number of piperazine rings is 1. The zero-order chi connectivity index (χ0) is 24.0. The summed E-state index contributed by atoms with van der Waals surface area (Å²) in [6.45, 7) is 3.69. The third kappa shape index (κ3) is 6.37. The minimum Gasteiger partial charge on any atom is -0.340 e. The second-order valence-electron chi connectivity index (χ2n) is 8.03. The minimum atomic E-state index is -3.75. The molecule has 1 saturated heterocycles. The summed E-state index contributed by atoms with van der Waals surface area (Å²) in [5.41, 5.74) is 2.22. The first-order chi connectivity index (χ1) is 15.7. The topological polar surface area (TPSA) is 123 Å². The highest BCUT2D eigenvalue weighted by Gasteiger charge is 2.31. The van der Waals surface area contributed by atoms with Gasteiger partial charge in [-0.25, -0.2) is 8.42 Å². The molecule has 1 aliphatic rings. The number of benzene rings is 1. The molecule has 2 amide bonds. The van der Waals surface area contributed by atoms with Gasteiger partial charge in [0.15, 0.2) is 0 Å². The molecule has 0 saturated carbocycles. The van der Waals surface area contributed by atoms with Crippen molar-refractivity contribution in [3.8, 4) is 6.07 Å². The minimum absolute atomic E-state index is 0.144. The smallest absolute Gasteiger partial charge is 0.241 e. The van der Waals surface area contributed by atoms with Crippen LogP contribution in [-0.4, -0.2) is 67.5 Å². The van der Waals surface area contributed by atoms with Crippen molar-refractivity contribution in [3.63, 3.8) is 0 Å². The average molecular weight is 470 g/mol. The van der Waals surface area contributed by atoms with Crippen molar-refractivity contribution in [3.05, 3.63) is 65.5 Å². The quantitative estimate of drug-likeness (QED) is 0.649. The van der Waals surface area contributed by atoms with E-state index in [4.69, 9.17) is 0 Å². The predicted molar refractivity (Wildman–Crippen MR) is 122 cm³/mol. The van der Waals surface area contributed by atoms with Gasteiger partial charge in [0.05, 0.1) is 18.2 Å². The van der Waals surface area contributed by atoms with Gasteiger partial charge in [0, 0.05) is 50.1 Å². The molecule has 10 heteroatoms. The first-order valence-corrected chi connectivity index (χ1v) is 12.5. The number of aromatic nitrogens is 1. The first kappa shape index (κ1) is 24.4. The normalized spacial score (nSPS) is 16.5. The summed E-state index contributed by atoms with van der Waals surface area (Å²) >= 11 is 0. The molecule has 2 atom stereocenters. The molecule has 174 valence electrons. The van der Waals surface area contributed by atoms with Crippen molar-refractivity contribution >= 4 is 21.8 Å². The van der Waals surface area contributed by atoms with Gasteiger partial charge in [-0.05, 0) is 18.6 Å². The van der Waals surface area contributed by atoms with Crippen LogP contribution in [0.1, 0.15) is 35.2 Å². The van der Waals surface area contributed by atoms with Crippen LogP contribution in [0.15, 0.2) is 48.7 Å². The summed E-state index contributed by atoms with van der Waals surface area (Å²) in [7, 11) is -3.75. The maximum Gasteiger partial charge on any atom is 0.241 e. The molecule has 33 heavy (non-hydrogen) atoms. The number of amides is 2. The van der Waals surface area contributed by atoms with E-state index in [2.05, 4.69) is 11.1 Å². The van der Waals surface area contributed by atoms with Gasteiger partial charge in [-0.2, -0.15) is 5.26 Å². The number of hydrogen-bond donors (Lipinski definition) is 1. The van der Waals surface area contributed by atoms with Crippen molar-refractivity contribution < 1.29 is 18.0 Å². The van der Waals surface area contributed by atoms with E-state index in [1.807, 2.05) is 22.6 Å². The van der Waals surface area contributed by atoms with Gasteiger partial charge < -0.3 is 4.90 Å². The maximum atomic E-state index is 13.0. The van der Waals surface area contributed by atoms with E-state index in [0.717, 1.165) is 17.5 Å². The molecule has 0 aliphatic carbocycles. The van der Waals surface area contributed by atoms with E-state index < -0.39 is 27.9 Å². The average Bonchev–Trinajstić information content (AvgIpc) is 2.79. The van der Waals surface area contributed by atoms with Crippen molar-refractivity contribution in [1.29, 1.82) is 5.26 Å². The molecule has 2 unspecified atom stereocenters. The largest absolute Gasteiger partial charge is 0.340 e. The fraction of sp³-hybridized carbons (Fsp3) is 0.391. The summed E-state index contributed by atoms with van der Waals surface area (Å²) in [6, 6.07) is 14.2. The van der Waals surface area contributed by atoms with Crippen molar-refractivity contribution in [2.45, 2.75) is 25.3 Å². The summed E-state index contributed by atoms with van der Waals surface area (Å²) < 4.78 is 25.1. The maximum absolute atomic E-state index is 13.0. The van der Waals surface area contributed by atoms with Crippen LogP contribution in [0.25, 0.3) is 0 Å². The highest BCUT2D eigenvalue weighted by atomic mass is 32.2. The van der Waals surface area contributed by atoms with Crippen molar-refractivity contribution in [1.82, 2.24) is 19.5 Å².